The molecule has 4 saturated carbocycles. The lowest BCUT2D eigenvalue weighted by atomic mass is 9.47. The number of nitrogens with two attached hydrogens (primary N) is 1. The van der Waals surface area contributed by atoms with Crippen molar-refractivity contribution < 1.29 is 18.0 Å². The van der Waals surface area contributed by atoms with Crippen LogP contribution in [0.25, 0.3) is 0 Å². The Morgan fingerprint density at radius 2 is 1.62 bits per heavy atom. The van der Waals surface area contributed by atoms with Gasteiger partial charge in [-0.15, -0.1) is 0 Å². The predicted molar refractivity (Wildman–Crippen MR) is 151 cm³/mol. The first-order chi connectivity index (χ1) is 19.1. The summed E-state index contributed by atoms with van der Waals surface area (Å²) in [7, 11) is -3.15. The van der Waals surface area contributed by atoms with E-state index in [1.165, 1.54) is 10.6 Å². The number of nitrogens with one attached hydrogen (secondary N) is 1. The van der Waals surface area contributed by atoms with Crippen molar-refractivity contribution in [2.45, 2.75) is 63.1 Å². The summed E-state index contributed by atoms with van der Waals surface area (Å²) in [5.41, 5.74) is 6.53. The van der Waals surface area contributed by atoms with Crippen molar-refractivity contribution in [1.29, 1.82) is 0 Å². The van der Waals surface area contributed by atoms with Gasteiger partial charge < -0.3 is 25.8 Å². The number of amides is 3. The Morgan fingerprint density at radius 3 is 2.17 bits per heavy atom. The number of sulfonamides is 1. The lowest BCUT2D eigenvalue weighted by Crippen LogP contribution is -2.65. The molecular formula is C28H41N7O4S. The van der Waals surface area contributed by atoms with E-state index in [4.69, 9.17) is 10.7 Å². The molecule has 4 aliphatic carbocycles. The highest BCUT2D eigenvalue weighted by atomic mass is 32.2. The monoisotopic (exact) mass is 571 g/mol. The minimum atomic E-state index is -3.15. The van der Waals surface area contributed by atoms with E-state index in [0.29, 0.717) is 43.9 Å². The molecule has 3 aliphatic heterocycles. The van der Waals surface area contributed by atoms with Crippen LogP contribution in [0.4, 0.5) is 16.3 Å². The first-order valence-electron chi connectivity index (χ1n) is 14.9. The third-order valence-electron chi connectivity index (χ3n) is 10.9. The van der Waals surface area contributed by atoms with Gasteiger partial charge in [-0.3, -0.25) is 4.79 Å². The number of aromatic nitrogens is 1. The molecule has 40 heavy (non-hydrogen) atoms. The largest absolute Gasteiger partial charge is 0.369 e. The zero-order valence-electron chi connectivity index (χ0n) is 23.2. The summed E-state index contributed by atoms with van der Waals surface area (Å²) in [6.45, 7) is 3.82. The Morgan fingerprint density at radius 1 is 0.975 bits per heavy atom. The van der Waals surface area contributed by atoms with Crippen molar-refractivity contribution in [2.24, 2.45) is 28.9 Å². The van der Waals surface area contributed by atoms with Crippen LogP contribution in [0.2, 0.25) is 0 Å². The number of piperazine rings is 2. The Bertz CT molecular complexity index is 1250. The topological polar surface area (TPSA) is 132 Å². The third kappa shape index (κ3) is 4.42. The predicted octanol–water partition coefficient (Wildman–Crippen LogP) is 1.21. The van der Waals surface area contributed by atoms with Gasteiger partial charge in [0.25, 0.3) is 0 Å². The summed E-state index contributed by atoms with van der Waals surface area (Å²) in [5, 5.41) is 3.45. The lowest BCUT2D eigenvalue weighted by molar-refractivity contribution is -0.145. The molecule has 6 bridgehead atoms. The summed E-state index contributed by atoms with van der Waals surface area (Å²) in [6.07, 6.45) is 9.96. The van der Waals surface area contributed by atoms with Gasteiger partial charge in [0.05, 0.1) is 30.2 Å². The maximum atomic E-state index is 13.7. The molecule has 0 radical (unpaired) electrons. The van der Waals surface area contributed by atoms with Gasteiger partial charge in [0.15, 0.2) is 0 Å². The van der Waals surface area contributed by atoms with E-state index in [9.17, 15) is 18.0 Å². The number of carbonyl (C=O) groups is 2. The van der Waals surface area contributed by atoms with Gasteiger partial charge in [-0.1, -0.05) is 0 Å². The quantitative estimate of drug-likeness (QED) is 0.543. The maximum absolute atomic E-state index is 13.7. The highest BCUT2D eigenvalue weighted by Gasteiger charge is 2.58. The molecule has 1 aromatic heterocycles. The Hall–Kier alpha value is -2.60. The molecule has 4 unspecified atom stereocenters. The Labute approximate surface area is 236 Å². The fourth-order valence-electron chi connectivity index (χ4n) is 9.23. The van der Waals surface area contributed by atoms with Crippen molar-refractivity contribution in [3.63, 3.8) is 0 Å². The fraction of sp³-hybridized carbons (Fsp3) is 0.750. The molecule has 4 atom stereocenters. The zero-order chi connectivity index (χ0) is 27.8. The smallest absolute Gasteiger partial charge is 0.318 e. The molecule has 218 valence electrons. The summed E-state index contributed by atoms with van der Waals surface area (Å²) in [6, 6.07) is 4.68. The standard InChI is InChI=1S/C28H41N7O4S/c1-40(38,39)34-8-6-32(7-9-34)21-4-5-24(30-15-21)33-16-22-2-3-23(17-33)35(22)27(37)31-25-19-10-18-11-20(25)14-28(12-18,13-19)26(29)36/h4-5,15,18-20,22-23,25H,2-3,6-14,16-17H2,1H3,(H2,29,36)(H,31,37). The maximum Gasteiger partial charge on any atom is 0.318 e. The van der Waals surface area contributed by atoms with Crippen molar-refractivity contribution in [3.05, 3.63) is 18.3 Å². The van der Waals surface area contributed by atoms with Gasteiger partial charge in [-0.2, -0.15) is 4.31 Å². The zero-order valence-corrected chi connectivity index (χ0v) is 24.1. The number of pyridine rings is 1. The average molecular weight is 572 g/mol. The molecule has 7 aliphatic rings. The number of carbonyl (C=O) groups excluding carboxylic acids is 2. The molecule has 3 saturated heterocycles. The molecule has 11 nitrogen and oxygen atoms in total. The molecule has 7 fully saturated rings. The first-order valence-corrected chi connectivity index (χ1v) is 16.7. The van der Waals surface area contributed by atoms with E-state index in [1.54, 1.807) is 0 Å². The number of rotatable bonds is 5. The van der Waals surface area contributed by atoms with Gasteiger partial charge >= 0.3 is 6.03 Å². The van der Waals surface area contributed by atoms with E-state index in [1.807, 2.05) is 6.20 Å². The van der Waals surface area contributed by atoms with Crippen molar-refractivity contribution in [1.82, 2.24) is 19.5 Å². The SMILES string of the molecule is CS(=O)(=O)N1CCN(c2ccc(N3CC4CCC(C3)N4C(=O)NC3C4CC5CC3CC(C(N)=O)(C5)C4)nc2)CC1. The molecule has 1 aromatic rings. The normalized spacial score (nSPS) is 37.2. The third-order valence-corrected chi connectivity index (χ3v) is 12.2. The number of urea groups is 1. The highest BCUT2D eigenvalue weighted by molar-refractivity contribution is 7.88. The number of primary amides is 1. The van der Waals surface area contributed by atoms with E-state index >= 15 is 0 Å². The van der Waals surface area contributed by atoms with Crippen LogP contribution in [0.3, 0.4) is 0 Å². The minimum absolute atomic E-state index is 0.0642. The van der Waals surface area contributed by atoms with E-state index < -0.39 is 10.0 Å². The van der Waals surface area contributed by atoms with Crippen molar-refractivity contribution in [3.8, 4) is 0 Å². The number of hydrogen-bond acceptors (Lipinski definition) is 7. The van der Waals surface area contributed by atoms with Gasteiger partial charge in [-0.25, -0.2) is 18.2 Å². The first kappa shape index (κ1) is 26.3. The second-order valence-electron chi connectivity index (χ2n) is 13.3. The highest BCUT2D eigenvalue weighted by Crippen LogP contribution is 2.60. The lowest BCUT2D eigenvalue weighted by Gasteiger charge is -2.59. The van der Waals surface area contributed by atoms with Crippen molar-refractivity contribution >= 4 is 33.5 Å². The molecule has 3 N–H and O–H groups in total. The molecule has 0 aromatic carbocycles. The molecule has 0 spiro atoms. The summed E-state index contributed by atoms with van der Waals surface area (Å²) in [4.78, 5) is 37.3. The van der Waals surface area contributed by atoms with Gasteiger partial charge in [0.2, 0.25) is 15.9 Å². The second-order valence-corrected chi connectivity index (χ2v) is 15.3. The van der Waals surface area contributed by atoms with Gasteiger partial charge in [0.1, 0.15) is 5.82 Å². The van der Waals surface area contributed by atoms with Crippen LogP contribution < -0.4 is 20.9 Å². The van der Waals surface area contributed by atoms with Gasteiger partial charge in [0, 0.05) is 50.7 Å². The number of hydrogen-bond donors (Lipinski definition) is 2. The van der Waals surface area contributed by atoms with Crippen LogP contribution in [-0.2, 0) is 14.8 Å². The molecule has 3 amide bonds. The Balaban J connectivity index is 0.970. The Kier molecular flexibility index (Phi) is 6.23. The van der Waals surface area contributed by atoms with Crippen LogP contribution >= 0.6 is 0 Å². The fourth-order valence-corrected chi connectivity index (χ4v) is 10.1. The number of anilines is 2. The van der Waals surface area contributed by atoms with Crippen LogP contribution in [0.1, 0.15) is 44.9 Å². The van der Waals surface area contributed by atoms with E-state index in [2.05, 4.69) is 32.1 Å². The molecular weight excluding hydrogens is 530 g/mol. The summed E-state index contributed by atoms with van der Waals surface area (Å²) >= 11 is 0. The molecule has 4 heterocycles. The molecule has 12 heteroatoms. The van der Waals surface area contributed by atoms with Crippen LogP contribution in [0.15, 0.2) is 18.3 Å². The average Bonchev–Trinajstić information content (AvgIpc) is 3.19. The summed E-state index contributed by atoms with van der Waals surface area (Å²) < 4.78 is 25.1. The van der Waals surface area contributed by atoms with Crippen LogP contribution in [0.5, 0.6) is 0 Å². The van der Waals surface area contributed by atoms with E-state index in [0.717, 1.165) is 69.5 Å². The van der Waals surface area contributed by atoms with E-state index in [-0.39, 0.29) is 35.5 Å². The summed E-state index contributed by atoms with van der Waals surface area (Å²) in [5.74, 6) is 2.08. The molecule has 8 rings (SSSR count). The second kappa shape index (κ2) is 9.47. The number of fused-ring (bicyclic) bond motifs is 2. The van der Waals surface area contributed by atoms with Crippen LogP contribution in [-0.4, -0.2) is 98.2 Å². The van der Waals surface area contributed by atoms with Gasteiger partial charge in [-0.05, 0) is 74.8 Å². The number of nitrogens with zero attached hydrogens (tertiary/aromatic N) is 5. The van der Waals surface area contributed by atoms with Crippen molar-refractivity contribution in [2.75, 3.05) is 55.3 Å². The minimum Gasteiger partial charge on any atom is -0.369 e. The van der Waals surface area contributed by atoms with Crippen LogP contribution in [0, 0.1) is 23.2 Å².